The molecule has 0 unspecified atom stereocenters. The summed E-state index contributed by atoms with van der Waals surface area (Å²) in [5, 5.41) is 1.17. The normalized spacial score (nSPS) is 20.1. The number of H-pyrrole nitrogens is 1. The average molecular weight is 370 g/mol. The Labute approximate surface area is 151 Å². The Morgan fingerprint density at radius 2 is 1.92 bits per heavy atom. The predicted molar refractivity (Wildman–Crippen MR) is 97.0 cm³/mol. The maximum absolute atomic E-state index is 13.0. The quantitative estimate of drug-likeness (QED) is 0.769. The van der Waals surface area contributed by atoms with Crippen molar-refractivity contribution in [3.63, 3.8) is 0 Å². The summed E-state index contributed by atoms with van der Waals surface area (Å²) in [5.41, 5.74) is 2.27. The van der Waals surface area contributed by atoms with Crippen LogP contribution >= 0.6 is 0 Å². The summed E-state index contributed by atoms with van der Waals surface area (Å²) < 4.78 is 38.2. The first-order chi connectivity index (χ1) is 12.6. The van der Waals surface area contributed by atoms with E-state index in [1.165, 1.54) is 10.9 Å². The molecule has 2 aromatic carbocycles. The number of nitrogens with one attached hydrogen (secondary N) is 1. The minimum atomic E-state index is -3.55. The number of ether oxygens (including phenoxy) is 2. The molecule has 0 aliphatic carbocycles. The third-order valence-corrected chi connectivity index (χ3v) is 7.05. The summed E-state index contributed by atoms with van der Waals surface area (Å²) in [6, 6.07) is 12.9. The van der Waals surface area contributed by atoms with E-state index in [0.717, 1.165) is 11.9 Å². The van der Waals surface area contributed by atoms with Crippen molar-refractivity contribution in [2.75, 3.05) is 19.9 Å². The Morgan fingerprint density at radius 1 is 1.08 bits per heavy atom. The van der Waals surface area contributed by atoms with Crippen LogP contribution in [0, 0.1) is 0 Å². The van der Waals surface area contributed by atoms with Crippen molar-refractivity contribution >= 4 is 20.9 Å². The van der Waals surface area contributed by atoms with E-state index in [2.05, 4.69) is 11.1 Å². The first-order valence-corrected chi connectivity index (χ1v) is 10.0. The number of aromatic amines is 1. The lowest BCUT2D eigenvalue weighted by molar-refractivity contribution is 0.174. The van der Waals surface area contributed by atoms with Crippen LogP contribution in [0.2, 0.25) is 0 Å². The van der Waals surface area contributed by atoms with Gasteiger partial charge in [0.05, 0.1) is 4.90 Å². The minimum absolute atomic E-state index is 0.130. The van der Waals surface area contributed by atoms with Gasteiger partial charge in [-0.1, -0.05) is 18.2 Å². The number of fused-ring (bicyclic) bond motifs is 2. The van der Waals surface area contributed by atoms with Crippen LogP contribution in [0.3, 0.4) is 0 Å². The van der Waals surface area contributed by atoms with Crippen LogP contribution in [0.1, 0.15) is 17.9 Å². The molecule has 0 amide bonds. The van der Waals surface area contributed by atoms with Gasteiger partial charge in [0.1, 0.15) is 0 Å². The third-order valence-electron chi connectivity index (χ3n) is 5.19. The molecule has 3 aromatic rings. The Hall–Kier alpha value is -2.51. The molecular weight excluding hydrogens is 352 g/mol. The molecule has 6 nitrogen and oxygen atoms in total. The lowest BCUT2D eigenvalue weighted by Gasteiger charge is -2.17. The molecule has 2 aliphatic rings. The topological polar surface area (TPSA) is 71.6 Å². The van der Waals surface area contributed by atoms with E-state index in [9.17, 15) is 8.42 Å². The highest BCUT2D eigenvalue weighted by Crippen LogP contribution is 2.38. The molecule has 1 saturated heterocycles. The van der Waals surface area contributed by atoms with Crippen LogP contribution in [-0.4, -0.2) is 37.6 Å². The summed E-state index contributed by atoms with van der Waals surface area (Å²) >= 11 is 0. The molecule has 26 heavy (non-hydrogen) atoms. The smallest absolute Gasteiger partial charge is 0.243 e. The molecule has 134 valence electrons. The van der Waals surface area contributed by atoms with Gasteiger partial charge in [0.2, 0.25) is 16.8 Å². The molecule has 3 heterocycles. The van der Waals surface area contributed by atoms with Gasteiger partial charge in [-0.2, -0.15) is 4.31 Å². The van der Waals surface area contributed by atoms with E-state index in [-0.39, 0.29) is 17.6 Å². The van der Waals surface area contributed by atoms with Crippen molar-refractivity contribution in [2.24, 2.45) is 0 Å². The zero-order chi connectivity index (χ0) is 17.7. The lowest BCUT2D eigenvalue weighted by Crippen LogP contribution is -2.28. The van der Waals surface area contributed by atoms with Gasteiger partial charge in [-0.05, 0) is 30.2 Å². The molecule has 1 N–H and O–H groups in total. The van der Waals surface area contributed by atoms with Crippen molar-refractivity contribution in [2.45, 2.75) is 17.2 Å². The maximum Gasteiger partial charge on any atom is 0.243 e. The van der Waals surface area contributed by atoms with Gasteiger partial charge in [0.25, 0.3) is 0 Å². The van der Waals surface area contributed by atoms with E-state index in [0.29, 0.717) is 24.6 Å². The number of rotatable bonds is 3. The van der Waals surface area contributed by atoms with Crippen LogP contribution in [0.4, 0.5) is 0 Å². The van der Waals surface area contributed by atoms with Gasteiger partial charge in [0, 0.05) is 42.2 Å². The van der Waals surface area contributed by atoms with E-state index < -0.39 is 10.0 Å². The first kappa shape index (κ1) is 15.7. The molecule has 1 aromatic heterocycles. The molecular formula is C19H18N2O4S. The standard InChI is InChI=1S/C19H18N2O4S/c22-26(23,14-5-6-18-19(9-14)25-12-24-18)21-8-7-13(11-21)16-10-20-17-4-2-1-3-15(16)17/h1-6,9-10,13,20H,7-8,11-12H2/t13-/m0/s1. The minimum Gasteiger partial charge on any atom is -0.454 e. The van der Waals surface area contributed by atoms with Gasteiger partial charge < -0.3 is 14.5 Å². The van der Waals surface area contributed by atoms with Gasteiger partial charge in [-0.25, -0.2) is 8.42 Å². The fraction of sp³-hybridized carbons (Fsp3) is 0.263. The van der Waals surface area contributed by atoms with Crippen LogP contribution in [0.5, 0.6) is 11.5 Å². The Kier molecular flexibility index (Phi) is 3.48. The molecule has 2 aliphatic heterocycles. The van der Waals surface area contributed by atoms with Gasteiger partial charge in [-0.15, -0.1) is 0 Å². The molecule has 0 radical (unpaired) electrons. The van der Waals surface area contributed by atoms with Crippen molar-refractivity contribution in [3.05, 3.63) is 54.2 Å². The highest BCUT2D eigenvalue weighted by atomic mass is 32.2. The molecule has 0 spiro atoms. The number of benzene rings is 2. The molecule has 5 rings (SSSR count). The van der Waals surface area contributed by atoms with Crippen LogP contribution in [0.25, 0.3) is 10.9 Å². The Balaban J connectivity index is 1.43. The van der Waals surface area contributed by atoms with E-state index >= 15 is 0 Å². The summed E-state index contributed by atoms with van der Waals surface area (Å²) in [7, 11) is -3.55. The number of sulfonamides is 1. The summed E-state index contributed by atoms with van der Waals surface area (Å²) in [6.07, 6.45) is 2.82. The third kappa shape index (κ3) is 2.39. The number of hydrogen-bond acceptors (Lipinski definition) is 4. The SMILES string of the molecule is O=S(=O)(c1ccc2c(c1)OCO2)N1CC[C@H](c2c[nH]c3ccccc23)C1. The van der Waals surface area contributed by atoms with Gasteiger partial charge >= 0.3 is 0 Å². The second kappa shape index (κ2) is 5.75. The predicted octanol–water partition coefficient (Wildman–Crippen LogP) is 3.07. The monoisotopic (exact) mass is 370 g/mol. The fourth-order valence-corrected chi connectivity index (χ4v) is 5.33. The molecule has 1 atom stereocenters. The van der Waals surface area contributed by atoms with Gasteiger partial charge in [0.15, 0.2) is 11.5 Å². The summed E-state index contributed by atoms with van der Waals surface area (Å²) in [5.74, 6) is 1.26. The van der Waals surface area contributed by atoms with Crippen molar-refractivity contribution in [1.82, 2.24) is 9.29 Å². The van der Waals surface area contributed by atoms with Crippen molar-refractivity contribution in [1.29, 1.82) is 0 Å². The maximum atomic E-state index is 13.0. The van der Waals surface area contributed by atoms with Crippen LogP contribution < -0.4 is 9.47 Å². The zero-order valence-electron chi connectivity index (χ0n) is 14.0. The fourth-order valence-electron chi connectivity index (χ4n) is 3.82. The first-order valence-electron chi connectivity index (χ1n) is 8.59. The Bertz CT molecular complexity index is 1090. The highest BCUT2D eigenvalue weighted by molar-refractivity contribution is 7.89. The second-order valence-corrected chi connectivity index (χ2v) is 8.59. The largest absolute Gasteiger partial charge is 0.454 e. The van der Waals surface area contributed by atoms with Crippen molar-refractivity contribution in [3.8, 4) is 11.5 Å². The van der Waals surface area contributed by atoms with Crippen molar-refractivity contribution < 1.29 is 17.9 Å². The summed E-state index contributed by atoms with van der Waals surface area (Å²) in [6.45, 7) is 1.13. The molecule has 1 fully saturated rings. The van der Waals surface area contributed by atoms with E-state index in [1.807, 2.05) is 24.4 Å². The molecule has 0 saturated carbocycles. The lowest BCUT2D eigenvalue weighted by atomic mass is 9.98. The number of para-hydroxylation sites is 1. The zero-order valence-corrected chi connectivity index (χ0v) is 14.8. The second-order valence-electron chi connectivity index (χ2n) is 6.65. The van der Waals surface area contributed by atoms with Gasteiger partial charge in [-0.3, -0.25) is 0 Å². The number of nitrogens with zero attached hydrogens (tertiary/aromatic N) is 1. The Morgan fingerprint density at radius 3 is 2.85 bits per heavy atom. The number of hydrogen-bond donors (Lipinski definition) is 1. The van der Waals surface area contributed by atoms with E-state index in [4.69, 9.17) is 9.47 Å². The van der Waals surface area contributed by atoms with Crippen LogP contribution in [0.15, 0.2) is 53.6 Å². The van der Waals surface area contributed by atoms with Crippen LogP contribution in [-0.2, 0) is 10.0 Å². The summed E-state index contributed by atoms with van der Waals surface area (Å²) in [4.78, 5) is 3.53. The molecule has 7 heteroatoms. The highest BCUT2D eigenvalue weighted by Gasteiger charge is 2.34. The average Bonchev–Trinajstić information content (AvgIpc) is 3.38. The molecule has 0 bridgehead atoms. The van der Waals surface area contributed by atoms with E-state index in [1.54, 1.807) is 22.5 Å². The number of aromatic nitrogens is 1.